The lowest BCUT2D eigenvalue weighted by Crippen LogP contribution is -2.41. The zero-order chi connectivity index (χ0) is 20.5. The number of benzene rings is 1. The number of ether oxygens (including phenoxy) is 1. The molecule has 0 bridgehead atoms. The minimum Gasteiger partial charge on any atom is -0.469 e. The van der Waals surface area contributed by atoms with Crippen molar-refractivity contribution in [3.8, 4) is 0 Å². The van der Waals surface area contributed by atoms with Crippen LogP contribution in [0.1, 0.15) is 76.2 Å². The lowest BCUT2D eigenvalue weighted by atomic mass is 9.68. The van der Waals surface area contributed by atoms with Crippen LogP contribution in [0.15, 0.2) is 24.3 Å². The molecule has 2 aliphatic rings. The van der Waals surface area contributed by atoms with Gasteiger partial charge in [0.15, 0.2) is 0 Å². The molecule has 29 heavy (non-hydrogen) atoms. The molecule has 1 heterocycles. The summed E-state index contributed by atoms with van der Waals surface area (Å²) in [4.78, 5) is 14.2. The highest BCUT2D eigenvalue weighted by Crippen LogP contribution is 2.43. The third kappa shape index (κ3) is 7.02. The van der Waals surface area contributed by atoms with Gasteiger partial charge in [-0.25, -0.2) is 0 Å². The maximum absolute atomic E-state index is 11.5. The van der Waals surface area contributed by atoms with Crippen molar-refractivity contribution in [3.63, 3.8) is 0 Å². The molecule has 0 unspecified atom stereocenters. The van der Waals surface area contributed by atoms with E-state index < -0.39 is 0 Å². The van der Waals surface area contributed by atoms with Gasteiger partial charge in [0.05, 0.1) is 7.11 Å². The number of carbonyl (C=O) groups excluding carboxylic acids is 1. The van der Waals surface area contributed by atoms with Crippen molar-refractivity contribution < 1.29 is 9.53 Å². The molecular weight excluding hydrogens is 360 g/mol. The molecule has 1 aliphatic carbocycles. The molecular formula is C25H40N2O2. The number of piperidine rings is 1. The van der Waals surface area contributed by atoms with Gasteiger partial charge in [-0.1, -0.05) is 37.0 Å². The van der Waals surface area contributed by atoms with E-state index in [0.717, 1.165) is 6.42 Å². The summed E-state index contributed by atoms with van der Waals surface area (Å²) in [5.41, 5.74) is 3.03. The molecule has 1 aromatic carbocycles. The predicted octanol–water partition coefficient (Wildman–Crippen LogP) is 5.56. The number of hydrogen-bond acceptors (Lipinski definition) is 4. The minimum atomic E-state index is -0.0564. The molecule has 2 fully saturated rings. The first-order valence-electron chi connectivity index (χ1n) is 11.7. The third-order valence-electron chi connectivity index (χ3n) is 7.20. The first-order chi connectivity index (χ1) is 14.1. The van der Waals surface area contributed by atoms with E-state index in [4.69, 9.17) is 4.74 Å². The SMILES string of the molecule is COC(=O)CCCC1(CCN2CCC(Nc3ccc(C)cc3)CC2)CCCCC1. The molecule has 4 nitrogen and oxygen atoms in total. The summed E-state index contributed by atoms with van der Waals surface area (Å²) in [6.45, 7) is 5.75. The van der Waals surface area contributed by atoms with Gasteiger partial charge in [0.2, 0.25) is 0 Å². The number of hydrogen-bond donors (Lipinski definition) is 1. The average molecular weight is 401 g/mol. The third-order valence-corrected chi connectivity index (χ3v) is 7.20. The van der Waals surface area contributed by atoms with Crippen molar-refractivity contribution in [2.24, 2.45) is 5.41 Å². The van der Waals surface area contributed by atoms with Crippen molar-refractivity contribution in [2.75, 3.05) is 32.1 Å². The van der Waals surface area contributed by atoms with E-state index in [1.165, 1.54) is 95.8 Å². The van der Waals surface area contributed by atoms with Crippen LogP contribution >= 0.6 is 0 Å². The second-order valence-corrected chi connectivity index (χ2v) is 9.37. The van der Waals surface area contributed by atoms with Gasteiger partial charge in [0.1, 0.15) is 0 Å². The number of likely N-dealkylation sites (tertiary alicyclic amines) is 1. The van der Waals surface area contributed by atoms with E-state index in [1.807, 2.05) is 0 Å². The first kappa shape index (κ1) is 22.1. The highest BCUT2D eigenvalue weighted by atomic mass is 16.5. The number of nitrogens with one attached hydrogen (secondary N) is 1. The van der Waals surface area contributed by atoms with Crippen LogP contribution in [0.25, 0.3) is 0 Å². The monoisotopic (exact) mass is 400 g/mol. The zero-order valence-corrected chi connectivity index (χ0v) is 18.5. The number of esters is 1. The molecule has 1 aromatic rings. The van der Waals surface area contributed by atoms with Crippen LogP contribution < -0.4 is 5.32 Å². The van der Waals surface area contributed by atoms with Gasteiger partial charge in [-0.2, -0.15) is 0 Å². The van der Waals surface area contributed by atoms with Crippen LogP contribution in [0, 0.1) is 12.3 Å². The second kappa shape index (κ2) is 11.0. The van der Waals surface area contributed by atoms with Gasteiger partial charge in [0.25, 0.3) is 0 Å². The van der Waals surface area contributed by atoms with E-state index in [-0.39, 0.29) is 5.97 Å². The molecule has 0 aromatic heterocycles. The fourth-order valence-electron chi connectivity index (χ4n) is 5.22. The maximum Gasteiger partial charge on any atom is 0.305 e. The number of nitrogens with zero attached hydrogens (tertiary/aromatic N) is 1. The van der Waals surface area contributed by atoms with E-state index in [2.05, 4.69) is 41.4 Å². The summed E-state index contributed by atoms with van der Waals surface area (Å²) in [5.74, 6) is -0.0564. The van der Waals surface area contributed by atoms with Crippen molar-refractivity contribution in [1.82, 2.24) is 4.90 Å². The molecule has 0 spiro atoms. The van der Waals surface area contributed by atoms with Gasteiger partial charge < -0.3 is 15.0 Å². The summed E-state index contributed by atoms with van der Waals surface area (Å²) in [5, 5.41) is 3.72. The molecule has 0 atom stereocenters. The molecule has 1 saturated heterocycles. The Hall–Kier alpha value is -1.55. The topological polar surface area (TPSA) is 41.6 Å². The van der Waals surface area contributed by atoms with Crippen molar-refractivity contribution >= 4 is 11.7 Å². The Morgan fingerprint density at radius 2 is 1.79 bits per heavy atom. The van der Waals surface area contributed by atoms with Crippen molar-refractivity contribution in [2.45, 2.75) is 83.6 Å². The normalized spacial score (nSPS) is 20.3. The smallest absolute Gasteiger partial charge is 0.305 e. The number of aryl methyl sites for hydroxylation is 1. The van der Waals surface area contributed by atoms with Crippen LogP contribution in [0.5, 0.6) is 0 Å². The maximum atomic E-state index is 11.5. The molecule has 1 N–H and O–H groups in total. The fraction of sp³-hybridized carbons (Fsp3) is 0.720. The number of carbonyl (C=O) groups is 1. The summed E-state index contributed by atoms with van der Waals surface area (Å²) in [7, 11) is 1.50. The highest BCUT2D eigenvalue weighted by Gasteiger charge is 2.32. The van der Waals surface area contributed by atoms with Crippen LogP contribution in [0.4, 0.5) is 5.69 Å². The molecule has 1 aliphatic heterocycles. The average Bonchev–Trinajstić information content (AvgIpc) is 2.75. The molecule has 0 amide bonds. The lowest BCUT2D eigenvalue weighted by molar-refractivity contribution is -0.140. The largest absolute Gasteiger partial charge is 0.469 e. The fourth-order valence-corrected chi connectivity index (χ4v) is 5.22. The van der Waals surface area contributed by atoms with E-state index in [1.54, 1.807) is 0 Å². The Morgan fingerprint density at radius 3 is 2.45 bits per heavy atom. The van der Waals surface area contributed by atoms with Crippen LogP contribution in [-0.2, 0) is 9.53 Å². The van der Waals surface area contributed by atoms with Gasteiger partial charge in [-0.05, 0) is 76.0 Å². The van der Waals surface area contributed by atoms with Crippen LogP contribution in [-0.4, -0.2) is 43.7 Å². The first-order valence-corrected chi connectivity index (χ1v) is 11.7. The van der Waals surface area contributed by atoms with Crippen molar-refractivity contribution in [1.29, 1.82) is 0 Å². The summed E-state index contributed by atoms with van der Waals surface area (Å²) >= 11 is 0. The number of rotatable bonds is 9. The Balaban J connectivity index is 1.42. The van der Waals surface area contributed by atoms with E-state index >= 15 is 0 Å². The quantitative estimate of drug-likeness (QED) is 0.551. The molecule has 1 saturated carbocycles. The Labute approximate surface area is 177 Å². The zero-order valence-electron chi connectivity index (χ0n) is 18.5. The lowest BCUT2D eigenvalue weighted by Gasteiger charge is -2.40. The molecule has 3 rings (SSSR count). The van der Waals surface area contributed by atoms with E-state index in [9.17, 15) is 4.79 Å². The van der Waals surface area contributed by atoms with E-state index in [0.29, 0.717) is 17.9 Å². The number of anilines is 1. The molecule has 162 valence electrons. The van der Waals surface area contributed by atoms with Crippen LogP contribution in [0.3, 0.4) is 0 Å². The second-order valence-electron chi connectivity index (χ2n) is 9.37. The molecule has 0 radical (unpaired) electrons. The van der Waals surface area contributed by atoms with Gasteiger partial charge in [0, 0.05) is 31.2 Å². The van der Waals surface area contributed by atoms with Crippen LogP contribution in [0.2, 0.25) is 0 Å². The summed E-state index contributed by atoms with van der Waals surface area (Å²) in [6.07, 6.45) is 13.3. The highest BCUT2D eigenvalue weighted by molar-refractivity contribution is 5.69. The predicted molar refractivity (Wildman–Crippen MR) is 120 cm³/mol. The Bertz CT molecular complexity index is 614. The summed E-state index contributed by atoms with van der Waals surface area (Å²) < 4.78 is 4.83. The van der Waals surface area contributed by atoms with Crippen molar-refractivity contribution in [3.05, 3.63) is 29.8 Å². The van der Waals surface area contributed by atoms with Gasteiger partial charge in [-0.3, -0.25) is 4.79 Å². The Morgan fingerprint density at radius 1 is 1.10 bits per heavy atom. The van der Waals surface area contributed by atoms with Gasteiger partial charge >= 0.3 is 5.97 Å². The standard InChI is InChI=1S/C25H40N2O2/c1-21-8-10-22(11-9-21)26-23-12-18-27(19-13-23)20-17-25(14-4-3-5-15-25)16-6-7-24(28)29-2/h8-11,23,26H,3-7,12-20H2,1-2H3. The van der Waals surface area contributed by atoms with Gasteiger partial charge in [-0.15, -0.1) is 0 Å². The molecule has 4 heteroatoms. The summed E-state index contributed by atoms with van der Waals surface area (Å²) in [6, 6.07) is 9.35. The Kier molecular flexibility index (Phi) is 8.40. The number of methoxy groups -OCH3 is 1. The minimum absolute atomic E-state index is 0.0564.